The molecule has 0 bridgehead atoms. The lowest BCUT2D eigenvalue weighted by Gasteiger charge is -2.23. The largest absolute Gasteiger partial charge is 0.497 e. The van der Waals surface area contributed by atoms with E-state index in [4.69, 9.17) is 9.47 Å². The number of guanidine groups is 1. The third-order valence-electron chi connectivity index (χ3n) is 3.96. The average Bonchev–Trinajstić information content (AvgIpc) is 3.00. The zero-order valence-electron chi connectivity index (χ0n) is 15.0. The number of aryl methyl sites for hydroxylation is 1. The smallest absolute Gasteiger partial charge is 0.194 e. The Hall–Kier alpha value is -2.63. The molecule has 1 N–H and O–H groups in total. The summed E-state index contributed by atoms with van der Waals surface area (Å²) in [6.45, 7) is 1.40. The molecule has 0 atom stereocenters. The summed E-state index contributed by atoms with van der Waals surface area (Å²) >= 11 is 0. The number of methoxy groups -OCH3 is 2. The highest BCUT2D eigenvalue weighted by molar-refractivity contribution is 5.79. The van der Waals surface area contributed by atoms with E-state index in [1.165, 1.54) is 5.69 Å². The van der Waals surface area contributed by atoms with Gasteiger partial charge in [-0.3, -0.25) is 4.99 Å². The molecule has 24 heavy (non-hydrogen) atoms. The number of nitrogens with zero attached hydrogens (tertiary/aromatic N) is 3. The normalized spacial score (nSPS) is 11.3. The van der Waals surface area contributed by atoms with Crippen molar-refractivity contribution in [1.29, 1.82) is 0 Å². The Balaban J connectivity index is 2.02. The van der Waals surface area contributed by atoms with Crippen molar-refractivity contribution >= 4 is 5.96 Å². The van der Waals surface area contributed by atoms with E-state index < -0.39 is 0 Å². The average molecular weight is 330 g/mol. The number of rotatable bonds is 6. The van der Waals surface area contributed by atoms with Gasteiger partial charge in [0, 0.05) is 51.2 Å². The number of nitrogens with one attached hydrogen (secondary N) is 1. The van der Waals surface area contributed by atoms with Crippen LogP contribution in [-0.2, 0) is 20.1 Å². The maximum absolute atomic E-state index is 5.44. The first-order valence-electron chi connectivity index (χ1n) is 7.82. The van der Waals surface area contributed by atoms with Crippen molar-refractivity contribution in [3.8, 4) is 11.5 Å². The van der Waals surface area contributed by atoms with Gasteiger partial charge in [0.25, 0.3) is 0 Å². The summed E-state index contributed by atoms with van der Waals surface area (Å²) in [6, 6.07) is 9.95. The Labute approximate surface area is 143 Å². The van der Waals surface area contributed by atoms with Crippen molar-refractivity contribution in [3.63, 3.8) is 0 Å². The van der Waals surface area contributed by atoms with Gasteiger partial charge >= 0.3 is 0 Å². The van der Waals surface area contributed by atoms with Crippen LogP contribution in [0, 0.1) is 0 Å². The zero-order chi connectivity index (χ0) is 17.5. The minimum atomic E-state index is 0.622. The van der Waals surface area contributed by atoms with Crippen LogP contribution in [0.4, 0.5) is 0 Å². The van der Waals surface area contributed by atoms with E-state index in [0.717, 1.165) is 29.6 Å². The second-order valence-corrected chi connectivity index (χ2v) is 5.55. The van der Waals surface area contributed by atoms with Gasteiger partial charge in [-0.15, -0.1) is 0 Å². The number of benzene rings is 1. The standard InChI is InChI=1S/C18H26N4O2/c1-19-18(22(3)13-15-7-6-10-21(15)2)20-12-14-8-9-16(23-4)11-17(14)24-5/h6-11H,12-13H2,1-5H3,(H,19,20). The molecule has 0 aliphatic carbocycles. The molecule has 0 amide bonds. The lowest BCUT2D eigenvalue weighted by molar-refractivity contribution is 0.390. The maximum atomic E-state index is 5.44. The van der Waals surface area contributed by atoms with Crippen molar-refractivity contribution in [2.24, 2.45) is 12.0 Å². The molecule has 0 radical (unpaired) electrons. The summed E-state index contributed by atoms with van der Waals surface area (Å²) in [5.41, 5.74) is 2.27. The SMILES string of the molecule is CN=C(NCc1ccc(OC)cc1OC)N(C)Cc1cccn1C. The van der Waals surface area contributed by atoms with E-state index >= 15 is 0 Å². The fraction of sp³-hybridized carbons (Fsp3) is 0.389. The molecule has 0 spiro atoms. The van der Waals surface area contributed by atoms with Gasteiger partial charge in [-0.05, 0) is 24.3 Å². The number of aliphatic imine (C=N–C) groups is 1. The van der Waals surface area contributed by atoms with Gasteiger partial charge in [-0.2, -0.15) is 0 Å². The second-order valence-electron chi connectivity index (χ2n) is 5.55. The molecular formula is C18H26N4O2. The van der Waals surface area contributed by atoms with E-state index in [-0.39, 0.29) is 0 Å². The molecule has 2 rings (SSSR count). The van der Waals surface area contributed by atoms with Crippen LogP contribution in [0.3, 0.4) is 0 Å². The third-order valence-corrected chi connectivity index (χ3v) is 3.96. The van der Waals surface area contributed by atoms with Crippen LogP contribution >= 0.6 is 0 Å². The lowest BCUT2D eigenvalue weighted by Crippen LogP contribution is -2.38. The summed E-state index contributed by atoms with van der Waals surface area (Å²) in [7, 11) is 9.16. The molecule has 1 aromatic heterocycles. The van der Waals surface area contributed by atoms with Gasteiger partial charge in [0.05, 0.1) is 20.8 Å². The maximum Gasteiger partial charge on any atom is 0.194 e. The summed E-state index contributed by atoms with van der Waals surface area (Å²) < 4.78 is 12.8. The summed E-state index contributed by atoms with van der Waals surface area (Å²) in [5, 5.41) is 3.38. The van der Waals surface area contributed by atoms with Gasteiger partial charge in [-0.1, -0.05) is 0 Å². The lowest BCUT2D eigenvalue weighted by atomic mass is 10.2. The molecule has 6 nitrogen and oxygen atoms in total. The van der Waals surface area contributed by atoms with Crippen molar-refractivity contribution < 1.29 is 9.47 Å². The van der Waals surface area contributed by atoms with Gasteiger partial charge < -0.3 is 24.3 Å². The molecule has 0 saturated heterocycles. The van der Waals surface area contributed by atoms with Gasteiger partial charge in [0.1, 0.15) is 11.5 Å². The first kappa shape index (κ1) is 17.7. The van der Waals surface area contributed by atoms with E-state index in [0.29, 0.717) is 6.54 Å². The van der Waals surface area contributed by atoms with Gasteiger partial charge in [0.15, 0.2) is 5.96 Å². The number of aromatic nitrogens is 1. The summed E-state index contributed by atoms with van der Waals surface area (Å²) in [6.07, 6.45) is 2.04. The Morgan fingerprint density at radius 3 is 2.62 bits per heavy atom. The molecule has 6 heteroatoms. The van der Waals surface area contributed by atoms with Crippen molar-refractivity contribution in [3.05, 3.63) is 47.8 Å². The zero-order valence-corrected chi connectivity index (χ0v) is 15.0. The van der Waals surface area contributed by atoms with E-state index in [9.17, 15) is 0 Å². The Morgan fingerprint density at radius 2 is 2.04 bits per heavy atom. The van der Waals surface area contributed by atoms with E-state index in [2.05, 4.69) is 25.8 Å². The van der Waals surface area contributed by atoms with Crippen LogP contribution in [0.5, 0.6) is 11.5 Å². The quantitative estimate of drug-likeness (QED) is 0.652. The number of hydrogen-bond donors (Lipinski definition) is 1. The van der Waals surface area contributed by atoms with Crippen molar-refractivity contribution in [2.45, 2.75) is 13.1 Å². The first-order valence-corrected chi connectivity index (χ1v) is 7.82. The minimum Gasteiger partial charge on any atom is -0.497 e. The predicted octanol–water partition coefficient (Wildman–Crippen LogP) is 2.25. The molecule has 0 aliphatic heterocycles. The Kier molecular flexibility index (Phi) is 6.12. The van der Waals surface area contributed by atoms with Crippen LogP contribution in [0.25, 0.3) is 0 Å². The Morgan fingerprint density at radius 1 is 1.25 bits per heavy atom. The highest BCUT2D eigenvalue weighted by Gasteiger charge is 2.10. The summed E-state index contributed by atoms with van der Waals surface area (Å²) in [5.74, 6) is 2.40. The molecule has 0 saturated carbocycles. The minimum absolute atomic E-state index is 0.622. The molecule has 0 fully saturated rings. The highest BCUT2D eigenvalue weighted by Crippen LogP contribution is 2.24. The number of hydrogen-bond acceptors (Lipinski definition) is 3. The van der Waals surface area contributed by atoms with Crippen LogP contribution in [0.15, 0.2) is 41.5 Å². The Bertz CT molecular complexity index is 694. The van der Waals surface area contributed by atoms with Crippen LogP contribution < -0.4 is 14.8 Å². The molecule has 0 aliphatic rings. The molecular weight excluding hydrogens is 304 g/mol. The fourth-order valence-electron chi connectivity index (χ4n) is 2.54. The molecule has 2 aromatic rings. The van der Waals surface area contributed by atoms with Crippen LogP contribution in [0.1, 0.15) is 11.3 Å². The third kappa shape index (κ3) is 4.22. The second kappa shape index (κ2) is 8.29. The molecule has 1 heterocycles. The highest BCUT2D eigenvalue weighted by atomic mass is 16.5. The fourth-order valence-corrected chi connectivity index (χ4v) is 2.54. The molecule has 0 unspecified atom stereocenters. The van der Waals surface area contributed by atoms with Gasteiger partial charge in [0.2, 0.25) is 0 Å². The predicted molar refractivity (Wildman–Crippen MR) is 96.6 cm³/mol. The van der Waals surface area contributed by atoms with E-state index in [1.807, 2.05) is 44.6 Å². The monoisotopic (exact) mass is 330 g/mol. The van der Waals surface area contributed by atoms with Crippen LogP contribution in [0.2, 0.25) is 0 Å². The first-order chi connectivity index (χ1) is 11.6. The van der Waals surface area contributed by atoms with Gasteiger partial charge in [-0.25, -0.2) is 0 Å². The van der Waals surface area contributed by atoms with Crippen molar-refractivity contribution in [2.75, 3.05) is 28.3 Å². The van der Waals surface area contributed by atoms with E-state index in [1.54, 1.807) is 21.3 Å². The molecule has 1 aromatic carbocycles. The summed E-state index contributed by atoms with van der Waals surface area (Å²) in [4.78, 5) is 6.45. The number of ether oxygens (including phenoxy) is 2. The van der Waals surface area contributed by atoms with Crippen LogP contribution in [-0.4, -0.2) is 43.7 Å². The molecule has 130 valence electrons. The topological polar surface area (TPSA) is 51.0 Å². The van der Waals surface area contributed by atoms with Crippen molar-refractivity contribution in [1.82, 2.24) is 14.8 Å².